The van der Waals surface area contributed by atoms with Gasteiger partial charge >= 0.3 is 0 Å². The lowest BCUT2D eigenvalue weighted by atomic mass is 9.94. The smallest absolute Gasteiger partial charge is 0.264 e. The van der Waals surface area contributed by atoms with Crippen LogP contribution in [-0.2, 0) is 14.8 Å². The summed E-state index contributed by atoms with van der Waals surface area (Å²) in [6.07, 6.45) is 0.111. The molecular weight excluding hydrogens is 348 g/mol. The third-order valence-electron chi connectivity index (χ3n) is 4.21. The van der Waals surface area contributed by atoms with Gasteiger partial charge in [-0.1, -0.05) is 49.4 Å². The van der Waals surface area contributed by atoms with Gasteiger partial charge in [0.15, 0.2) is 0 Å². The number of allylic oxidation sites excluding steroid dienone is 1. The quantitative estimate of drug-likeness (QED) is 0.881. The van der Waals surface area contributed by atoms with Gasteiger partial charge in [0.2, 0.25) is 5.91 Å². The molecule has 0 spiro atoms. The molecule has 0 bridgehead atoms. The maximum atomic E-state index is 12.2. The minimum atomic E-state index is -3.84. The summed E-state index contributed by atoms with van der Waals surface area (Å²) in [7, 11) is -3.84. The van der Waals surface area contributed by atoms with E-state index in [0.717, 1.165) is 28.0 Å². The van der Waals surface area contributed by atoms with Crippen LogP contribution in [0.15, 0.2) is 70.1 Å². The summed E-state index contributed by atoms with van der Waals surface area (Å²) in [6, 6.07) is 16.5. The van der Waals surface area contributed by atoms with Crippen LogP contribution in [0.2, 0.25) is 0 Å². The number of nitrogens with one attached hydrogen (secondary N) is 1. The first-order valence-corrected chi connectivity index (χ1v) is 9.86. The first-order chi connectivity index (χ1) is 12.4. The second kappa shape index (κ2) is 7.25. The summed E-state index contributed by atoms with van der Waals surface area (Å²) in [6.45, 7) is 4.26. The lowest BCUT2D eigenvalue weighted by molar-refractivity contribution is -0.119. The van der Waals surface area contributed by atoms with E-state index in [4.69, 9.17) is 0 Å². The molecule has 1 amide bonds. The Morgan fingerprint density at radius 3 is 2.31 bits per heavy atom. The van der Waals surface area contributed by atoms with Gasteiger partial charge in [-0.3, -0.25) is 9.79 Å². The number of hydrogen-bond donors (Lipinski definition) is 1. The number of carbonyl (C=O) groups is 1. The number of sulfonamides is 1. The molecule has 1 aliphatic rings. The zero-order valence-corrected chi connectivity index (χ0v) is 15.5. The van der Waals surface area contributed by atoms with Crippen LogP contribution in [0.1, 0.15) is 31.4 Å². The Kier molecular flexibility index (Phi) is 5.04. The summed E-state index contributed by atoms with van der Waals surface area (Å²) in [5, 5.41) is 0. The Morgan fingerprint density at radius 1 is 1.04 bits per heavy atom. The van der Waals surface area contributed by atoms with Gasteiger partial charge < -0.3 is 0 Å². The van der Waals surface area contributed by atoms with Gasteiger partial charge in [0.05, 0.1) is 17.2 Å². The fourth-order valence-corrected chi connectivity index (χ4v) is 3.91. The summed E-state index contributed by atoms with van der Waals surface area (Å²) in [5.41, 5.74) is 5.02. The van der Waals surface area contributed by atoms with E-state index in [2.05, 4.69) is 9.71 Å². The topological polar surface area (TPSA) is 75.6 Å². The van der Waals surface area contributed by atoms with Crippen LogP contribution in [0.4, 0.5) is 0 Å². The Balaban J connectivity index is 1.92. The Labute approximate surface area is 153 Å². The molecule has 1 aliphatic heterocycles. The Morgan fingerprint density at radius 2 is 1.69 bits per heavy atom. The fraction of sp³-hybridized carbons (Fsp3) is 0.200. The molecule has 134 valence electrons. The van der Waals surface area contributed by atoms with Crippen molar-refractivity contribution in [3.63, 3.8) is 0 Å². The number of rotatable bonds is 5. The molecule has 26 heavy (non-hydrogen) atoms. The Bertz CT molecular complexity index is 989. The lowest BCUT2D eigenvalue weighted by Gasteiger charge is -2.11. The molecule has 0 fully saturated rings. The van der Waals surface area contributed by atoms with Crippen molar-refractivity contribution >= 4 is 27.2 Å². The molecule has 0 radical (unpaired) electrons. The molecule has 0 aromatic heterocycles. The van der Waals surface area contributed by atoms with Gasteiger partial charge in [0.1, 0.15) is 0 Å². The maximum absolute atomic E-state index is 12.2. The summed E-state index contributed by atoms with van der Waals surface area (Å²) in [4.78, 5) is 16.1. The second-order valence-corrected chi connectivity index (χ2v) is 7.78. The molecule has 0 atom stereocenters. The van der Waals surface area contributed by atoms with Gasteiger partial charge in [-0.25, -0.2) is 13.1 Å². The summed E-state index contributed by atoms with van der Waals surface area (Å²) in [5.74, 6) is -0.526. The monoisotopic (exact) mass is 368 g/mol. The number of hydrogen-bond acceptors (Lipinski definition) is 4. The Hall–Kier alpha value is -2.73. The van der Waals surface area contributed by atoms with E-state index in [-0.39, 0.29) is 11.3 Å². The normalized spacial score (nSPS) is 14.3. The molecule has 3 rings (SSSR count). The van der Waals surface area contributed by atoms with Crippen molar-refractivity contribution in [2.75, 3.05) is 6.54 Å². The predicted molar refractivity (Wildman–Crippen MR) is 103 cm³/mol. The van der Waals surface area contributed by atoms with E-state index >= 15 is 0 Å². The highest BCUT2D eigenvalue weighted by Crippen LogP contribution is 2.29. The van der Waals surface area contributed by atoms with Crippen molar-refractivity contribution in [3.05, 3.63) is 71.3 Å². The molecule has 0 saturated heterocycles. The van der Waals surface area contributed by atoms with Gasteiger partial charge in [0, 0.05) is 17.6 Å². The largest absolute Gasteiger partial charge is 0.280 e. The standard InChI is InChI=1S/C20H20N2O3S/c1-3-18(23)22-26(24,25)17-11-9-15(10-12-17)19-14(2)13-21-20(19)16-7-5-4-6-8-16/h4-12H,3,13H2,1-2H3,(H,22,23). The first kappa shape index (κ1) is 18.1. The molecule has 6 heteroatoms. The highest BCUT2D eigenvalue weighted by molar-refractivity contribution is 7.90. The SMILES string of the molecule is CCC(=O)NS(=O)(=O)c1ccc(C2=C(C)CN=C2c2ccccc2)cc1. The minimum Gasteiger partial charge on any atom is -0.280 e. The zero-order valence-electron chi connectivity index (χ0n) is 14.7. The van der Waals surface area contributed by atoms with Crippen LogP contribution in [0.3, 0.4) is 0 Å². The van der Waals surface area contributed by atoms with Crippen molar-refractivity contribution in [2.45, 2.75) is 25.2 Å². The van der Waals surface area contributed by atoms with Gasteiger partial charge in [-0.15, -0.1) is 0 Å². The number of amides is 1. The second-order valence-electron chi connectivity index (χ2n) is 6.09. The van der Waals surface area contributed by atoms with Crippen LogP contribution in [-0.4, -0.2) is 26.6 Å². The van der Waals surface area contributed by atoms with Crippen LogP contribution < -0.4 is 4.72 Å². The van der Waals surface area contributed by atoms with Gasteiger partial charge in [-0.2, -0.15) is 0 Å². The molecule has 1 N–H and O–H groups in total. The number of nitrogens with zero attached hydrogens (tertiary/aromatic N) is 1. The zero-order chi connectivity index (χ0) is 18.7. The maximum Gasteiger partial charge on any atom is 0.264 e. The molecule has 1 heterocycles. The lowest BCUT2D eigenvalue weighted by Crippen LogP contribution is -2.29. The average molecular weight is 368 g/mol. The van der Waals surface area contributed by atoms with Crippen molar-refractivity contribution in [1.29, 1.82) is 0 Å². The average Bonchev–Trinajstić information content (AvgIpc) is 3.03. The van der Waals surface area contributed by atoms with Crippen LogP contribution in [0.5, 0.6) is 0 Å². The first-order valence-electron chi connectivity index (χ1n) is 8.38. The molecular formula is C20H20N2O3S. The highest BCUT2D eigenvalue weighted by atomic mass is 32.2. The molecule has 5 nitrogen and oxygen atoms in total. The van der Waals surface area contributed by atoms with Crippen LogP contribution in [0.25, 0.3) is 5.57 Å². The summed E-state index contributed by atoms with van der Waals surface area (Å²) < 4.78 is 26.5. The van der Waals surface area contributed by atoms with E-state index < -0.39 is 15.9 Å². The third kappa shape index (κ3) is 3.60. The summed E-state index contributed by atoms with van der Waals surface area (Å²) >= 11 is 0. The molecule has 0 aliphatic carbocycles. The molecule has 2 aromatic carbocycles. The van der Waals surface area contributed by atoms with Gasteiger partial charge in [0.25, 0.3) is 10.0 Å². The van der Waals surface area contributed by atoms with E-state index in [9.17, 15) is 13.2 Å². The van der Waals surface area contributed by atoms with E-state index in [1.807, 2.05) is 37.3 Å². The number of benzene rings is 2. The van der Waals surface area contributed by atoms with E-state index in [1.54, 1.807) is 19.1 Å². The van der Waals surface area contributed by atoms with Crippen molar-refractivity contribution < 1.29 is 13.2 Å². The van der Waals surface area contributed by atoms with Crippen molar-refractivity contribution in [2.24, 2.45) is 4.99 Å². The minimum absolute atomic E-state index is 0.0671. The van der Waals surface area contributed by atoms with E-state index in [0.29, 0.717) is 6.54 Å². The van der Waals surface area contributed by atoms with E-state index in [1.165, 1.54) is 12.1 Å². The number of carbonyl (C=O) groups excluding carboxylic acids is 1. The predicted octanol–water partition coefficient (Wildman–Crippen LogP) is 3.18. The molecule has 0 unspecified atom stereocenters. The van der Waals surface area contributed by atoms with Crippen molar-refractivity contribution in [1.82, 2.24) is 4.72 Å². The van der Waals surface area contributed by atoms with Crippen LogP contribution >= 0.6 is 0 Å². The van der Waals surface area contributed by atoms with Gasteiger partial charge in [-0.05, 0) is 30.2 Å². The fourth-order valence-electron chi connectivity index (χ4n) is 2.85. The highest BCUT2D eigenvalue weighted by Gasteiger charge is 2.21. The van der Waals surface area contributed by atoms with Crippen molar-refractivity contribution in [3.8, 4) is 0 Å². The number of aliphatic imine (C=N–C) groups is 1. The third-order valence-corrected chi connectivity index (χ3v) is 5.60. The molecule has 2 aromatic rings. The van der Waals surface area contributed by atoms with Crippen LogP contribution in [0, 0.1) is 0 Å². The molecule has 0 saturated carbocycles.